The molecular formula is C11H22N2O4S2. The fourth-order valence-electron chi connectivity index (χ4n) is 0.957. The van der Waals surface area contributed by atoms with Gasteiger partial charge in [-0.15, -0.1) is 0 Å². The Morgan fingerprint density at radius 3 is 1.63 bits per heavy atom. The number of carbonyl (C=O) groups excluding carboxylic acids is 3. The second-order valence-corrected chi connectivity index (χ2v) is 4.56. The highest BCUT2D eigenvalue weighted by Gasteiger charge is 2.13. The van der Waals surface area contributed by atoms with Crippen LogP contribution in [0.2, 0.25) is 0 Å². The van der Waals surface area contributed by atoms with Crippen molar-refractivity contribution >= 4 is 43.3 Å². The van der Waals surface area contributed by atoms with Crippen LogP contribution >= 0.6 is 25.6 Å². The fourth-order valence-corrected chi connectivity index (χ4v) is 1.07. The Labute approximate surface area is 125 Å². The minimum Gasteiger partial charge on any atom is -0.440 e. The Morgan fingerprint density at radius 2 is 1.42 bits per heavy atom. The number of nitrogens with zero attached hydrogens (tertiary/aromatic N) is 2. The zero-order valence-corrected chi connectivity index (χ0v) is 13.5. The van der Waals surface area contributed by atoms with Crippen LogP contribution in [0.25, 0.3) is 0 Å². The lowest BCUT2D eigenvalue weighted by Crippen LogP contribution is -2.22. The molecule has 0 aromatic heterocycles. The molecule has 0 rings (SSSR count). The van der Waals surface area contributed by atoms with Crippen LogP contribution in [0.15, 0.2) is 0 Å². The summed E-state index contributed by atoms with van der Waals surface area (Å²) in [5.41, 5.74) is 0. The van der Waals surface area contributed by atoms with E-state index in [1.165, 1.54) is 19.6 Å². The number of thiol groups is 2. The quantitative estimate of drug-likeness (QED) is 0.576. The number of rotatable bonds is 6. The zero-order valence-electron chi connectivity index (χ0n) is 11.8. The van der Waals surface area contributed by atoms with E-state index < -0.39 is 24.3 Å². The number of amides is 1. The van der Waals surface area contributed by atoms with E-state index >= 15 is 0 Å². The van der Waals surface area contributed by atoms with Crippen LogP contribution in [0.1, 0.15) is 27.7 Å². The van der Waals surface area contributed by atoms with Crippen molar-refractivity contribution in [2.24, 2.45) is 0 Å². The molecule has 0 fully saturated rings. The van der Waals surface area contributed by atoms with E-state index in [-0.39, 0.29) is 0 Å². The first kappa shape index (κ1) is 20.6. The Morgan fingerprint density at radius 1 is 1.00 bits per heavy atom. The summed E-state index contributed by atoms with van der Waals surface area (Å²) in [4.78, 5) is 33.8. The average molecular weight is 310 g/mol. The minimum absolute atomic E-state index is 0.563. The maximum absolute atomic E-state index is 10.6. The topological polar surface area (TPSA) is 66.9 Å². The number of ketones is 2. The van der Waals surface area contributed by atoms with Crippen LogP contribution in [-0.4, -0.2) is 52.5 Å². The summed E-state index contributed by atoms with van der Waals surface area (Å²) >= 11 is 6.95. The number of ether oxygens (including phenoxy) is 1. The smallest absolute Gasteiger partial charge is 0.430 e. The van der Waals surface area contributed by atoms with E-state index in [2.05, 4.69) is 56.0 Å². The van der Waals surface area contributed by atoms with E-state index in [9.17, 15) is 14.4 Å². The van der Waals surface area contributed by atoms with E-state index in [4.69, 9.17) is 0 Å². The molecule has 1 amide bonds. The predicted octanol–water partition coefficient (Wildman–Crippen LogP) is 1.62. The van der Waals surface area contributed by atoms with Crippen molar-refractivity contribution in [3.8, 4) is 0 Å². The Balaban J connectivity index is 0. The largest absolute Gasteiger partial charge is 0.440 e. The maximum atomic E-state index is 10.6. The number of Topliss-reactive ketones (excluding diaryl/α,β-unsaturated/α-hetero) is 2. The standard InChI is InChI=1S/C6H15N.C5H7NO4S2/c1-4-7(5-2)6-3;1-3(7)4(8)2-10-5(9)6(11)12/h4-6H2,1-3H3;11-12H,2H2,1H3. The molecule has 0 N–H and O–H groups in total. The first-order chi connectivity index (χ1) is 8.79. The molecule has 0 aromatic carbocycles. The van der Waals surface area contributed by atoms with Gasteiger partial charge in [0.2, 0.25) is 5.78 Å². The van der Waals surface area contributed by atoms with Gasteiger partial charge in [0, 0.05) is 6.92 Å². The molecule has 0 heterocycles. The van der Waals surface area contributed by atoms with Gasteiger partial charge in [-0.05, 0) is 45.3 Å². The third kappa shape index (κ3) is 12.1. The van der Waals surface area contributed by atoms with Gasteiger partial charge in [0.25, 0.3) is 0 Å². The van der Waals surface area contributed by atoms with Crippen LogP contribution in [0.4, 0.5) is 4.79 Å². The SMILES string of the molecule is CC(=O)C(=O)COC(=O)N(S)S.CCN(CC)CC. The summed E-state index contributed by atoms with van der Waals surface area (Å²) in [6, 6.07) is 0. The Kier molecular flexibility index (Phi) is 13.3. The Bertz CT molecular complexity index is 289. The fraction of sp³-hybridized carbons (Fsp3) is 0.727. The lowest BCUT2D eigenvalue weighted by atomic mass is 10.3. The van der Waals surface area contributed by atoms with Crippen LogP contribution in [0.5, 0.6) is 0 Å². The highest BCUT2D eigenvalue weighted by atomic mass is 32.2. The second kappa shape index (κ2) is 12.3. The highest BCUT2D eigenvalue weighted by molar-refractivity contribution is 7.94. The summed E-state index contributed by atoms with van der Waals surface area (Å²) in [5, 5.41) is 0. The first-order valence-electron chi connectivity index (χ1n) is 5.90. The molecule has 0 aromatic rings. The molecule has 19 heavy (non-hydrogen) atoms. The van der Waals surface area contributed by atoms with Crippen molar-refractivity contribution in [2.45, 2.75) is 27.7 Å². The summed E-state index contributed by atoms with van der Waals surface area (Å²) in [6.45, 7) is 10.6. The minimum atomic E-state index is -0.906. The molecule has 0 saturated heterocycles. The molecule has 0 radical (unpaired) electrons. The molecule has 112 valence electrons. The summed E-state index contributed by atoms with van der Waals surface area (Å²) in [5.74, 6) is -1.43. The van der Waals surface area contributed by atoms with Gasteiger partial charge in [0.1, 0.15) is 0 Å². The van der Waals surface area contributed by atoms with Crippen LogP contribution in [0, 0.1) is 0 Å². The van der Waals surface area contributed by atoms with Crippen LogP contribution < -0.4 is 0 Å². The van der Waals surface area contributed by atoms with Crippen molar-refractivity contribution < 1.29 is 19.1 Å². The molecule has 0 bridgehead atoms. The van der Waals surface area contributed by atoms with Gasteiger partial charge in [-0.25, -0.2) is 4.79 Å². The Hall–Kier alpha value is -0.730. The van der Waals surface area contributed by atoms with Crippen LogP contribution in [0.3, 0.4) is 0 Å². The van der Waals surface area contributed by atoms with Gasteiger partial charge < -0.3 is 9.64 Å². The molecule has 0 atom stereocenters. The maximum Gasteiger partial charge on any atom is 0.430 e. The van der Waals surface area contributed by atoms with Gasteiger partial charge >= 0.3 is 6.09 Å². The van der Waals surface area contributed by atoms with E-state index in [1.807, 2.05) is 0 Å². The van der Waals surface area contributed by atoms with Gasteiger partial charge in [-0.3, -0.25) is 9.59 Å². The molecule has 0 saturated carbocycles. The lowest BCUT2D eigenvalue weighted by molar-refractivity contribution is -0.137. The van der Waals surface area contributed by atoms with Crippen molar-refractivity contribution in [1.29, 1.82) is 0 Å². The molecule has 0 aliphatic heterocycles. The molecule has 0 unspecified atom stereocenters. The highest BCUT2D eigenvalue weighted by Crippen LogP contribution is 2.00. The monoisotopic (exact) mass is 310 g/mol. The van der Waals surface area contributed by atoms with Crippen LogP contribution in [-0.2, 0) is 14.3 Å². The number of hydrogen-bond donors (Lipinski definition) is 2. The molecule has 6 nitrogen and oxygen atoms in total. The third-order valence-corrected chi connectivity index (χ3v) is 2.55. The first-order valence-corrected chi connectivity index (χ1v) is 6.70. The number of hydrogen-bond acceptors (Lipinski definition) is 7. The normalized spacial score (nSPS) is 9.42. The van der Waals surface area contributed by atoms with Crippen molar-refractivity contribution in [3.05, 3.63) is 0 Å². The van der Waals surface area contributed by atoms with E-state index in [0.29, 0.717) is 3.71 Å². The molecule has 8 heteroatoms. The van der Waals surface area contributed by atoms with E-state index in [0.717, 1.165) is 6.92 Å². The molecule has 0 spiro atoms. The van der Waals surface area contributed by atoms with E-state index in [1.54, 1.807) is 0 Å². The predicted molar refractivity (Wildman–Crippen MR) is 80.3 cm³/mol. The second-order valence-electron chi connectivity index (χ2n) is 3.44. The van der Waals surface area contributed by atoms with Gasteiger partial charge in [-0.1, -0.05) is 20.8 Å². The molecule has 0 aliphatic rings. The average Bonchev–Trinajstić information content (AvgIpc) is 2.38. The van der Waals surface area contributed by atoms with Gasteiger partial charge in [-0.2, -0.15) is 3.71 Å². The van der Waals surface area contributed by atoms with Crippen molar-refractivity contribution in [2.75, 3.05) is 26.2 Å². The van der Waals surface area contributed by atoms with Crippen molar-refractivity contribution in [3.63, 3.8) is 0 Å². The summed E-state index contributed by atoms with van der Waals surface area (Å²) in [6.07, 6.45) is -0.906. The van der Waals surface area contributed by atoms with Gasteiger partial charge in [0.15, 0.2) is 12.4 Å². The summed E-state index contributed by atoms with van der Waals surface area (Å²) < 4.78 is 4.85. The van der Waals surface area contributed by atoms with Crippen molar-refractivity contribution in [1.82, 2.24) is 8.61 Å². The third-order valence-electron chi connectivity index (χ3n) is 2.22. The zero-order chi connectivity index (χ0) is 15.4. The summed E-state index contributed by atoms with van der Waals surface area (Å²) in [7, 11) is 0. The molecule has 0 aliphatic carbocycles. The lowest BCUT2D eigenvalue weighted by Gasteiger charge is -2.13. The molecular weight excluding hydrogens is 288 g/mol. The van der Waals surface area contributed by atoms with Gasteiger partial charge in [0.05, 0.1) is 0 Å². The number of carbonyl (C=O) groups is 3.